The quantitative estimate of drug-likeness (QED) is 0.527. The maximum absolute atomic E-state index is 3.56. The molecule has 19 heavy (non-hydrogen) atoms. The molecule has 2 aromatic carbocycles. The lowest BCUT2D eigenvalue weighted by atomic mass is 9.99. The second kappa shape index (κ2) is 7.38. The van der Waals surface area contributed by atoms with Crippen molar-refractivity contribution in [1.82, 2.24) is 5.32 Å². The fourth-order valence-corrected chi connectivity index (χ4v) is 3.46. The van der Waals surface area contributed by atoms with Gasteiger partial charge < -0.3 is 5.32 Å². The van der Waals surface area contributed by atoms with Crippen molar-refractivity contribution in [2.24, 2.45) is 0 Å². The van der Waals surface area contributed by atoms with Crippen LogP contribution in [0.4, 0.5) is 0 Å². The van der Waals surface area contributed by atoms with Gasteiger partial charge in [0.2, 0.25) is 0 Å². The SMILES string of the molecule is CNC(Cc1ccc(I)cc1)c1cc(Br)ccc1I. The van der Waals surface area contributed by atoms with Crippen LogP contribution >= 0.6 is 61.1 Å². The minimum Gasteiger partial charge on any atom is -0.313 e. The van der Waals surface area contributed by atoms with E-state index in [-0.39, 0.29) is 0 Å². The Labute approximate surface area is 150 Å². The van der Waals surface area contributed by atoms with E-state index in [1.165, 1.54) is 18.3 Å². The number of benzene rings is 2. The van der Waals surface area contributed by atoms with Gasteiger partial charge in [0.15, 0.2) is 0 Å². The molecule has 0 spiro atoms. The van der Waals surface area contributed by atoms with Crippen LogP contribution in [-0.4, -0.2) is 7.05 Å². The van der Waals surface area contributed by atoms with Crippen molar-refractivity contribution >= 4 is 61.1 Å². The van der Waals surface area contributed by atoms with E-state index in [9.17, 15) is 0 Å². The van der Waals surface area contributed by atoms with E-state index in [1.54, 1.807) is 0 Å². The molecule has 0 aliphatic heterocycles. The van der Waals surface area contributed by atoms with Crippen LogP contribution < -0.4 is 5.32 Å². The number of rotatable bonds is 4. The Bertz CT molecular complexity index is 555. The van der Waals surface area contributed by atoms with Crippen LogP contribution in [-0.2, 0) is 6.42 Å². The Morgan fingerprint density at radius 1 is 1.11 bits per heavy atom. The van der Waals surface area contributed by atoms with Gasteiger partial charge in [0, 0.05) is 17.7 Å². The Balaban J connectivity index is 2.24. The van der Waals surface area contributed by atoms with Crippen molar-refractivity contribution < 1.29 is 0 Å². The van der Waals surface area contributed by atoms with Crippen molar-refractivity contribution in [3.05, 3.63) is 65.2 Å². The van der Waals surface area contributed by atoms with Crippen molar-refractivity contribution in [3.8, 4) is 0 Å². The van der Waals surface area contributed by atoms with Crippen LogP contribution in [0.25, 0.3) is 0 Å². The monoisotopic (exact) mass is 541 g/mol. The first-order valence-corrected chi connectivity index (χ1v) is 8.92. The summed E-state index contributed by atoms with van der Waals surface area (Å²) in [5.41, 5.74) is 2.70. The molecule has 100 valence electrons. The smallest absolute Gasteiger partial charge is 0.0369 e. The van der Waals surface area contributed by atoms with Gasteiger partial charge in [0.25, 0.3) is 0 Å². The van der Waals surface area contributed by atoms with E-state index in [1.807, 2.05) is 7.05 Å². The molecule has 0 saturated heterocycles. The van der Waals surface area contributed by atoms with E-state index in [4.69, 9.17) is 0 Å². The summed E-state index contributed by atoms with van der Waals surface area (Å²) < 4.78 is 3.70. The number of hydrogen-bond donors (Lipinski definition) is 1. The summed E-state index contributed by atoms with van der Waals surface area (Å²) in [6.45, 7) is 0. The third kappa shape index (κ3) is 4.41. The molecule has 0 amide bonds. The first-order valence-electron chi connectivity index (χ1n) is 5.97. The van der Waals surface area contributed by atoms with E-state index >= 15 is 0 Å². The summed E-state index contributed by atoms with van der Waals surface area (Å²) in [6, 6.07) is 15.5. The van der Waals surface area contributed by atoms with Gasteiger partial charge in [0.1, 0.15) is 0 Å². The molecule has 1 N–H and O–H groups in total. The highest BCUT2D eigenvalue weighted by atomic mass is 127. The van der Waals surface area contributed by atoms with Crippen LogP contribution in [0.1, 0.15) is 17.2 Å². The zero-order valence-corrected chi connectivity index (χ0v) is 16.4. The summed E-state index contributed by atoms with van der Waals surface area (Å²) in [6.07, 6.45) is 1.000. The summed E-state index contributed by atoms with van der Waals surface area (Å²) in [4.78, 5) is 0. The molecular weight excluding hydrogens is 528 g/mol. The predicted octanol–water partition coefficient (Wildman–Crippen LogP) is 5.16. The van der Waals surface area contributed by atoms with E-state index in [2.05, 4.69) is 109 Å². The number of nitrogens with one attached hydrogen (secondary N) is 1. The lowest BCUT2D eigenvalue weighted by Crippen LogP contribution is -2.20. The van der Waals surface area contributed by atoms with Gasteiger partial charge in [-0.05, 0) is 100 Å². The average Bonchev–Trinajstić information content (AvgIpc) is 2.41. The first-order chi connectivity index (χ1) is 9.10. The van der Waals surface area contributed by atoms with Gasteiger partial charge in [-0.15, -0.1) is 0 Å². The Kier molecular flexibility index (Phi) is 6.11. The van der Waals surface area contributed by atoms with Gasteiger partial charge >= 0.3 is 0 Å². The maximum Gasteiger partial charge on any atom is 0.0369 e. The van der Waals surface area contributed by atoms with Crippen LogP contribution in [0.5, 0.6) is 0 Å². The molecule has 2 rings (SSSR count). The standard InChI is InChI=1S/C15H14BrI2N/c1-19-15(8-10-2-5-12(17)6-3-10)13-9-11(16)4-7-14(13)18/h2-7,9,15,19H,8H2,1H3. The lowest BCUT2D eigenvalue weighted by molar-refractivity contribution is 0.589. The molecule has 0 saturated carbocycles. The number of hydrogen-bond acceptors (Lipinski definition) is 1. The third-order valence-corrected chi connectivity index (χ3v) is 5.23. The normalized spacial score (nSPS) is 12.4. The van der Waals surface area contributed by atoms with E-state index in [0.29, 0.717) is 6.04 Å². The molecule has 1 nitrogen and oxygen atoms in total. The van der Waals surface area contributed by atoms with Crippen LogP contribution in [0.15, 0.2) is 46.9 Å². The lowest BCUT2D eigenvalue weighted by Gasteiger charge is -2.19. The molecule has 0 aliphatic carbocycles. The molecular formula is C15H14BrI2N. The summed E-state index contributed by atoms with van der Waals surface area (Å²) in [5.74, 6) is 0. The fourth-order valence-electron chi connectivity index (χ4n) is 2.01. The third-order valence-electron chi connectivity index (χ3n) is 3.04. The van der Waals surface area contributed by atoms with Crippen molar-refractivity contribution in [3.63, 3.8) is 0 Å². The molecule has 4 heteroatoms. The van der Waals surface area contributed by atoms with E-state index in [0.717, 1.165) is 10.9 Å². The van der Waals surface area contributed by atoms with Crippen LogP contribution in [0.2, 0.25) is 0 Å². The number of halogens is 3. The van der Waals surface area contributed by atoms with Crippen LogP contribution in [0, 0.1) is 7.14 Å². The second-order valence-electron chi connectivity index (χ2n) is 4.34. The second-order valence-corrected chi connectivity index (χ2v) is 7.66. The Morgan fingerprint density at radius 2 is 1.79 bits per heavy atom. The minimum absolute atomic E-state index is 0.337. The summed E-state index contributed by atoms with van der Waals surface area (Å²) >= 11 is 8.30. The molecule has 0 heterocycles. The van der Waals surface area contributed by atoms with Gasteiger partial charge in [-0.25, -0.2) is 0 Å². The highest BCUT2D eigenvalue weighted by Gasteiger charge is 2.13. The largest absolute Gasteiger partial charge is 0.313 e. The average molecular weight is 542 g/mol. The Hall–Kier alpha value is 0.340. The van der Waals surface area contributed by atoms with Gasteiger partial charge in [-0.2, -0.15) is 0 Å². The highest BCUT2D eigenvalue weighted by molar-refractivity contribution is 14.1. The predicted molar refractivity (Wildman–Crippen MR) is 102 cm³/mol. The van der Waals surface area contributed by atoms with E-state index < -0.39 is 0 Å². The molecule has 0 bridgehead atoms. The van der Waals surface area contributed by atoms with Crippen molar-refractivity contribution in [1.29, 1.82) is 0 Å². The molecule has 0 fully saturated rings. The van der Waals surface area contributed by atoms with Gasteiger partial charge in [-0.3, -0.25) is 0 Å². The highest BCUT2D eigenvalue weighted by Crippen LogP contribution is 2.26. The van der Waals surface area contributed by atoms with Gasteiger partial charge in [0.05, 0.1) is 0 Å². The van der Waals surface area contributed by atoms with Crippen molar-refractivity contribution in [2.45, 2.75) is 12.5 Å². The fraction of sp³-hybridized carbons (Fsp3) is 0.200. The molecule has 1 unspecified atom stereocenters. The topological polar surface area (TPSA) is 12.0 Å². The summed E-state index contributed by atoms with van der Waals surface area (Å²) in [5, 5.41) is 3.42. The molecule has 2 aromatic rings. The summed E-state index contributed by atoms with van der Waals surface area (Å²) in [7, 11) is 2.02. The minimum atomic E-state index is 0.337. The van der Waals surface area contributed by atoms with Crippen molar-refractivity contribution in [2.75, 3.05) is 7.05 Å². The molecule has 0 radical (unpaired) electrons. The Morgan fingerprint density at radius 3 is 2.42 bits per heavy atom. The molecule has 1 atom stereocenters. The van der Waals surface area contributed by atoms with Gasteiger partial charge in [-0.1, -0.05) is 28.1 Å². The number of likely N-dealkylation sites (N-methyl/N-ethyl adjacent to an activating group) is 1. The zero-order chi connectivity index (χ0) is 13.8. The first kappa shape index (κ1) is 15.7. The van der Waals surface area contributed by atoms with Crippen LogP contribution in [0.3, 0.4) is 0 Å². The zero-order valence-electron chi connectivity index (χ0n) is 10.5. The molecule has 0 aromatic heterocycles. The molecule has 0 aliphatic rings. The maximum atomic E-state index is 3.56.